The van der Waals surface area contributed by atoms with E-state index >= 15 is 0 Å². The van der Waals surface area contributed by atoms with Crippen molar-refractivity contribution in [1.29, 1.82) is 0 Å². The van der Waals surface area contributed by atoms with Gasteiger partial charge >= 0.3 is 6.03 Å². The highest BCUT2D eigenvalue weighted by Gasteiger charge is 2.39. The molecule has 2 rings (SSSR count). The second kappa shape index (κ2) is 5.45. The van der Waals surface area contributed by atoms with Crippen molar-refractivity contribution >= 4 is 6.03 Å². The van der Waals surface area contributed by atoms with Crippen LogP contribution in [0.2, 0.25) is 0 Å². The lowest BCUT2D eigenvalue weighted by atomic mass is 9.89. The molecule has 0 saturated carbocycles. The minimum atomic E-state index is 0.0542. The Kier molecular flexibility index (Phi) is 4.12. The molecule has 0 aromatic rings. The van der Waals surface area contributed by atoms with Crippen molar-refractivity contribution in [2.24, 2.45) is 11.7 Å². The number of rotatable bonds is 3. The summed E-state index contributed by atoms with van der Waals surface area (Å²) in [5.41, 5.74) is 5.80. The normalized spacial score (nSPS) is 29.1. The lowest BCUT2D eigenvalue weighted by molar-refractivity contribution is 0.150. The maximum atomic E-state index is 12.1. The monoisotopic (exact) mass is 254 g/mol. The Balaban J connectivity index is 1.96. The van der Waals surface area contributed by atoms with Crippen LogP contribution in [0, 0.1) is 5.92 Å². The Morgan fingerprint density at radius 2 is 1.94 bits per heavy atom. The number of hydrogen-bond acceptors (Lipinski definition) is 3. The van der Waals surface area contributed by atoms with Gasteiger partial charge in [-0.2, -0.15) is 0 Å². The van der Waals surface area contributed by atoms with Gasteiger partial charge in [0.1, 0.15) is 0 Å². The molecule has 18 heavy (non-hydrogen) atoms. The molecule has 0 aromatic heterocycles. The maximum absolute atomic E-state index is 12.1. The fourth-order valence-electron chi connectivity index (χ4n) is 3.17. The molecule has 0 spiro atoms. The lowest BCUT2D eigenvalue weighted by Gasteiger charge is -2.34. The van der Waals surface area contributed by atoms with E-state index < -0.39 is 0 Å². The van der Waals surface area contributed by atoms with Crippen LogP contribution in [-0.4, -0.2) is 73.1 Å². The summed E-state index contributed by atoms with van der Waals surface area (Å²) in [6.07, 6.45) is 2.40. The van der Waals surface area contributed by atoms with Crippen molar-refractivity contribution in [3.8, 4) is 0 Å². The number of nitrogens with two attached hydrogens (primary N) is 1. The minimum Gasteiger partial charge on any atom is -0.326 e. The Morgan fingerprint density at radius 3 is 2.50 bits per heavy atom. The molecular weight excluding hydrogens is 228 g/mol. The molecule has 2 heterocycles. The number of hydrogen-bond donors (Lipinski definition) is 1. The molecule has 2 atom stereocenters. The maximum Gasteiger partial charge on any atom is 0.320 e. The van der Waals surface area contributed by atoms with Gasteiger partial charge in [-0.25, -0.2) is 4.79 Å². The first-order valence-corrected chi connectivity index (χ1v) is 6.95. The minimum absolute atomic E-state index is 0.0542. The Labute approximate surface area is 110 Å². The van der Waals surface area contributed by atoms with E-state index in [4.69, 9.17) is 5.73 Å². The Bertz CT molecular complexity index is 299. The molecule has 2 aliphatic rings. The molecule has 2 N–H and O–H groups in total. The zero-order valence-electron chi connectivity index (χ0n) is 11.8. The van der Waals surface area contributed by atoms with Crippen LogP contribution in [-0.2, 0) is 0 Å². The molecule has 0 aliphatic carbocycles. The van der Waals surface area contributed by atoms with Gasteiger partial charge in [0.05, 0.1) is 6.04 Å². The topological polar surface area (TPSA) is 52.8 Å². The Hall–Kier alpha value is -0.810. The van der Waals surface area contributed by atoms with Gasteiger partial charge in [0.15, 0.2) is 0 Å². The molecule has 5 nitrogen and oxygen atoms in total. The summed E-state index contributed by atoms with van der Waals surface area (Å²) in [5, 5.41) is 0. The van der Waals surface area contributed by atoms with E-state index in [9.17, 15) is 4.79 Å². The molecule has 104 valence electrons. The van der Waals surface area contributed by atoms with E-state index in [2.05, 4.69) is 11.9 Å². The molecular formula is C13H26N4O. The average molecular weight is 254 g/mol. The zero-order valence-corrected chi connectivity index (χ0v) is 11.8. The number of carbonyl (C=O) groups is 1. The van der Waals surface area contributed by atoms with Gasteiger partial charge in [0.2, 0.25) is 0 Å². The van der Waals surface area contributed by atoms with Gasteiger partial charge in [-0.3, -0.25) is 0 Å². The van der Waals surface area contributed by atoms with Gasteiger partial charge in [0, 0.05) is 26.2 Å². The highest BCUT2D eigenvalue weighted by Crippen LogP contribution is 2.28. The largest absolute Gasteiger partial charge is 0.326 e. The van der Waals surface area contributed by atoms with Crippen molar-refractivity contribution < 1.29 is 4.79 Å². The number of likely N-dealkylation sites (tertiary alicyclic amines) is 1. The summed E-state index contributed by atoms with van der Waals surface area (Å²) in [6.45, 7) is 5.78. The van der Waals surface area contributed by atoms with E-state index in [1.165, 1.54) is 12.8 Å². The summed E-state index contributed by atoms with van der Waals surface area (Å²) < 4.78 is 0. The van der Waals surface area contributed by atoms with Gasteiger partial charge in [-0.05, 0) is 45.8 Å². The van der Waals surface area contributed by atoms with Crippen LogP contribution >= 0.6 is 0 Å². The molecule has 2 fully saturated rings. The molecule has 0 aromatic carbocycles. The van der Waals surface area contributed by atoms with Crippen molar-refractivity contribution in [1.82, 2.24) is 14.7 Å². The van der Waals surface area contributed by atoms with E-state index in [0.29, 0.717) is 18.5 Å². The number of piperidine rings is 1. The number of nitrogens with zero attached hydrogens (tertiary/aromatic N) is 3. The second-order valence-electron chi connectivity index (χ2n) is 5.98. The van der Waals surface area contributed by atoms with Crippen LogP contribution in [0.25, 0.3) is 0 Å². The molecule has 2 aliphatic heterocycles. The molecule has 2 amide bonds. The standard InChI is InChI=1S/C13H26N4O/c1-10(14)8-17-9-12(16(3)13(17)18)11-4-6-15(2)7-5-11/h10-12H,4-9,14H2,1-3H3. The van der Waals surface area contributed by atoms with Crippen LogP contribution in [0.3, 0.4) is 0 Å². The molecule has 2 saturated heterocycles. The van der Waals surface area contributed by atoms with E-state index in [-0.39, 0.29) is 12.1 Å². The third-order valence-corrected chi connectivity index (χ3v) is 4.29. The van der Waals surface area contributed by atoms with Gasteiger partial charge in [-0.15, -0.1) is 0 Å². The highest BCUT2D eigenvalue weighted by atomic mass is 16.2. The van der Waals surface area contributed by atoms with E-state index in [1.54, 1.807) is 0 Å². The first-order valence-electron chi connectivity index (χ1n) is 6.95. The van der Waals surface area contributed by atoms with Gasteiger partial charge in [-0.1, -0.05) is 0 Å². The van der Waals surface area contributed by atoms with Gasteiger partial charge in [0.25, 0.3) is 0 Å². The van der Waals surface area contributed by atoms with Crippen LogP contribution < -0.4 is 5.73 Å². The molecule has 0 bridgehead atoms. The average Bonchev–Trinajstić information content (AvgIpc) is 2.58. The van der Waals surface area contributed by atoms with Gasteiger partial charge < -0.3 is 20.4 Å². The number of urea groups is 1. The fourth-order valence-corrected chi connectivity index (χ4v) is 3.17. The second-order valence-corrected chi connectivity index (χ2v) is 5.98. The van der Waals surface area contributed by atoms with Crippen molar-refractivity contribution in [3.63, 3.8) is 0 Å². The van der Waals surface area contributed by atoms with Crippen LogP contribution in [0.5, 0.6) is 0 Å². The zero-order chi connectivity index (χ0) is 13.3. The number of likely N-dealkylation sites (N-methyl/N-ethyl adjacent to an activating group) is 1. The van der Waals surface area contributed by atoms with E-state index in [0.717, 1.165) is 19.6 Å². The SMILES string of the molecule is CC(N)CN1CC(C2CCN(C)CC2)N(C)C1=O. The van der Waals surface area contributed by atoms with Crippen molar-refractivity contribution in [3.05, 3.63) is 0 Å². The van der Waals surface area contributed by atoms with Crippen molar-refractivity contribution in [2.75, 3.05) is 40.3 Å². The summed E-state index contributed by atoms with van der Waals surface area (Å²) in [4.78, 5) is 18.4. The number of carbonyl (C=O) groups excluding carboxylic acids is 1. The van der Waals surface area contributed by atoms with Crippen molar-refractivity contribution in [2.45, 2.75) is 31.8 Å². The Morgan fingerprint density at radius 1 is 1.33 bits per heavy atom. The third kappa shape index (κ3) is 2.78. The smallest absolute Gasteiger partial charge is 0.320 e. The summed E-state index contributed by atoms with van der Waals surface area (Å²) in [6, 6.07) is 0.583. The summed E-state index contributed by atoms with van der Waals surface area (Å²) >= 11 is 0. The molecule has 2 unspecified atom stereocenters. The van der Waals surface area contributed by atoms with Crippen LogP contribution in [0.1, 0.15) is 19.8 Å². The van der Waals surface area contributed by atoms with Crippen LogP contribution in [0.15, 0.2) is 0 Å². The lowest BCUT2D eigenvalue weighted by Crippen LogP contribution is -2.42. The quantitative estimate of drug-likeness (QED) is 0.794. The third-order valence-electron chi connectivity index (χ3n) is 4.29. The molecule has 0 radical (unpaired) electrons. The summed E-state index contributed by atoms with van der Waals surface area (Å²) in [7, 11) is 4.11. The highest BCUT2D eigenvalue weighted by molar-refractivity contribution is 5.77. The van der Waals surface area contributed by atoms with E-state index in [1.807, 2.05) is 23.8 Å². The molecule has 5 heteroatoms. The fraction of sp³-hybridized carbons (Fsp3) is 0.923. The first-order chi connectivity index (χ1) is 8.49. The predicted octanol–water partition coefficient (Wildman–Crippen LogP) is 0.411. The predicted molar refractivity (Wildman–Crippen MR) is 72.4 cm³/mol. The first kappa shape index (κ1) is 13.6. The van der Waals surface area contributed by atoms with Crippen LogP contribution in [0.4, 0.5) is 4.79 Å². The summed E-state index contributed by atoms with van der Waals surface area (Å²) in [5.74, 6) is 0.647. The number of amides is 2.